The zero-order valence-corrected chi connectivity index (χ0v) is 18.1. The molecule has 2 N–H and O–H groups in total. The summed E-state index contributed by atoms with van der Waals surface area (Å²) in [5.41, 5.74) is 3.83. The van der Waals surface area contributed by atoms with Crippen LogP contribution in [0.3, 0.4) is 0 Å². The van der Waals surface area contributed by atoms with E-state index in [1.165, 1.54) is 30.4 Å². The highest BCUT2D eigenvalue weighted by Gasteiger charge is 2.52. The van der Waals surface area contributed by atoms with Gasteiger partial charge in [0.15, 0.2) is 0 Å². The van der Waals surface area contributed by atoms with Gasteiger partial charge in [0.2, 0.25) is 5.91 Å². The molecule has 0 unspecified atom stereocenters. The first kappa shape index (κ1) is 20.3. The SMILES string of the molecule is Cc1ccc(CN2CCC3(CC3)C[C@@H]2C(=O)NC2(c3ccc(C(=O)O)cc3)CC2)cc1. The number of carbonyl (C=O) groups excluding carboxylic acids is 1. The van der Waals surface area contributed by atoms with Crippen LogP contribution in [-0.4, -0.2) is 34.5 Å². The normalized spacial score (nSPS) is 23.3. The summed E-state index contributed by atoms with van der Waals surface area (Å²) in [5, 5.41) is 12.5. The lowest BCUT2D eigenvalue weighted by molar-refractivity contribution is -0.130. The summed E-state index contributed by atoms with van der Waals surface area (Å²) in [5.74, 6) is -0.804. The molecule has 3 aliphatic rings. The van der Waals surface area contributed by atoms with Crippen LogP contribution < -0.4 is 5.32 Å². The first-order valence-corrected chi connectivity index (χ1v) is 11.3. The lowest BCUT2D eigenvalue weighted by atomic mass is 9.86. The molecule has 31 heavy (non-hydrogen) atoms. The van der Waals surface area contributed by atoms with Crippen LogP contribution in [0.4, 0.5) is 0 Å². The second-order valence-corrected chi connectivity index (χ2v) is 9.88. The standard InChI is InChI=1S/C26H30N2O3/c1-18-2-4-19(5-3-18)17-28-15-14-25(10-11-25)16-22(28)23(29)27-26(12-13-26)21-8-6-20(7-9-21)24(30)31/h2-9,22H,10-17H2,1H3,(H,27,29)(H,30,31)/t22-/m1/s1. The van der Waals surface area contributed by atoms with Crippen LogP contribution in [0.2, 0.25) is 0 Å². The number of benzene rings is 2. The van der Waals surface area contributed by atoms with Gasteiger partial charge in [0.05, 0.1) is 17.1 Å². The Morgan fingerprint density at radius 2 is 1.68 bits per heavy atom. The van der Waals surface area contributed by atoms with Gasteiger partial charge in [0.1, 0.15) is 0 Å². The Morgan fingerprint density at radius 1 is 1.00 bits per heavy atom. The Labute approximate surface area is 183 Å². The highest BCUT2D eigenvalue weighted by Crippen LogP contribution is 2.55. The number of likely N-dealkylation sites (tertiary alicyclic amines) is 1. The molecule has 3 fully saturated rings. The molecule has 1 spiro atoms. The largest absolute Gasteiger partial charge is 0.478 e. The maximum Gasteiger partial charge on any atom is 0.335 e. The van der Waals surface area contributed by atoms with Crippen molar-refractivity contribution < 1.29 is 14.7 Å². The number of aromatic carboxylic acids is 1. The van der Waals surface area contributed by atoms with E-state index in [0.29, 0.717) is 5.41 Å². The number of aryl methyl sites for hydroxylation is 1. The van der Waals surface area contributed by atoms with Crippen LogP contribution in [-0.2, 0) is 16.9 Å². The summed E-state index contributed by atoms with van der Waals surface area (Å²) in [7, 11) is 0. The zero-order chi connectivity index (χ0) is 21.6. The molecule has 2 aromatic carbocycles. The number of hydrogen-bond donors (Lipinski definition) is 2. The topological polar surface area (TPSA) is 69.6 Å². The molecule has 0 radical (unpaired) electrons. The van der Waals surface area contributed by atoms with E-state index < -0.39 is 5.97 Å². The fraction of sp³-hybridized carbons (Fsp3) is 0.462. The van der Waals surface area contributed by atoms with Crippen molar-refractivity contribution in [3.05, 3.63) is 70.8 Å². The molecule has 1 amide bonds. The quantitative estimate of drug-likeness (QED) is 0.736. The molecular formula is C26H30N2O3. The minimum atomic E-state index is -0.927. The van der Waals surface area contributed by atoms with Gasteiger partial charge in [-0.2, -0.15) is 0 Å². The van der Waals surface area contributed by atoms with Crippen molar-refractivity contribution in [1.29, 1.82) is 0 Å². The lowest BCUT2D eigenvalue weighted by Gasteiger charge is -2.39. The molecule has 5 rings (SSSR count). The van der Waals surface area contributed by atoms with Crippen molar-refractivity contribution in [3.63, 3.8) is 0 Å². The molecule has 2 saturated carbocycles. The lowest BCUT2D eigenvalue weighted by Crippen LogP contribution is -2.53. The first-order valence-electron chi connectivity index (χ1n) is 11.3. The minimum absolute atomic E-state index is 0.103. The Morgan fingerprint density at radius 3 is 2.26 bits per heavy atom. The third-order valence-electron chi connectivity index (χ3n) is 7.56. The molecule has 5 heteroatoms. The van der Waals surface area contributed by atoms with Gasteiger partial charge in [-0.3, -0.25) is 9.69 Å². The molecule has 5 nitrogen and oxygen atoms in total. The predicted molar refractivity (Wildman–Crippen MR) is 119 cm³/mol. The van der Waals surface area contributed by atoms with E-state index in [1.54, 1.807) is 12.1 Å². The maximum atomic E-state index is 13.5. The molecule has 1 saturated heterocycles. The van der Waals surface area contributed by atoms with Crippen LogP contribution in [0.5, 0.6) is 0 Å². The summed E-state index contributed by atoms with van der Waals surface area (Å²) in [6.45, 7) is 3.86. The number of carboxylic acids is 1. The Hall–Kier alpha value is -2.66. The molecule has 1 atom stereocenters. The number of carboxylic acid groups (broad SMARTS) is 1. The fourth-order valence-electron chi connectivity index (χ4n) is 5.05. The van der Waals surface area contributed by atoms with Crippen molar-refractivity contribution in [1.82, 2.24) is 10.2 Å². The van der Waals surface area contributed by atoms with Crippen LogP contribution in [0.1, 0.15) is 65.6 Å². The van der Waals surface area contributed by atoms with Gasteiger partial charge < -0.3 is 10.4 Å². The molecule has 162 valence electrons. The fourth-order valence-corrected chi connectivity index (χ4v) is 5.05. The minimum Gasteiger partial charge on any atom is -0.478 e. The van der Waals surface area contributed by atoms with Gasteiger partial charge in [0.25, 0.3) is 0 Å². The van der Waals surface area contributed by atoms with E-state index in [9.17, 15) is 9.59 Å². The second kappa shape index (κ2) is 7.49. The second-order valence-electron chi connectivity index (χ2n) is 9.88. The Bertz CT molecular complexity index is 988. The average Bonchev–Trinajstić information content (AvgIpc) is 3.69. The highest BCUT2D eigenvalue weighted by atomic mass is 16.4. The van der Waals surface area contributed by atoms with Crippen molar-refractivity contribution in [2.24, 2.45) is 5.41 Å². The third kappa shape index (κ3) is 4.11. The van der Waals surface area contributed by atoms with Gasteiger partial charge in [0, 0.05) is 6.54 Å². The predicted octanol–water partition coefficient (Wildman–Crippen LogP) is 4.24. The van der Waals surface area contributed by atoms with Gasteiger partial charge in [-0.05, 0) is 80.7 Å². The Balaban J connectivity index is 1.32. The first-order chi connectivity index (χ1) is 14.9. The molecule has 1 aliphatic heterocycles. The van der Waals surface area contributed by atoms with Crippen molar-refractivity contribution in [2.75, 3.05) is 6.54 Å². The van der Waals surface area contributed by atoms with Gasteiger partial charge in [-0.25, -0.2) is 4.79 Å². The Kier molecular flexibility index (Phi) is 4.89. The van der Waals surface area contributed by atoms with E-state index in [2.05, 4.69) is 41.4 Å². The summed E-state index contributed by atoms with van der Waals surface area (Å²) < 4.78 is 0. The van der Waals surface area contributed by atoms with Crippen LogP contribution in [0.15, 0.2) is 48.5 Å². The number of carbonyl (C=O) groups is 2. The van der Waals surface area contributed by atoms with Crippen molar-refractivity contribution >= 4 is 11.9 Å². The zero-order valence-electron chi connectivity index (χ0n) is 18.1. The molecule has 2 aliphatic carbocycles. The number of nitrogens with one attached hydrogen (secondary N) is 1. The molecule has 0 bridgehead atoms. The summed E-state index contributed by atoms with van der Waals surface area (Å²) in [4.78, 5) is 27.0. The van der Waals surface area contributed by atoms with E-state index in [4.69, 9.17) is 5.11 Å². The number of hydrogen-bond acceptors (Lipinski definition) is 3. The van der Waals surface area contributed by atoms with Crippen molar-refractivity contribution in [3.8, 4) is 0 Å². The molecule has 0 aromatic heterocycles. The smallest absolute Gasteiger partial charge is 0.335 e. The number of amides is 1. The van der Waals surface area contributed by atoms with Gasteiger partial charge in [-0.1, -0.05) is 42.0 Å². The van der Waals surface area contributed by atoms with Crippen LogP contribution in [0.25, 0.3) is 0 Å². The monoisotopic (exact) mass is 418 g/mol. The number of nitrogens with zero attached hydrogens (tertiary/aromatic N) is 1. The van der Waals surface area contributed by atoms with E-state index in [-0.39, 0.29) is 23.1 Å². The maximum absolute atomic E-state index is 13.5. The third-order valence-corrected chi connectivity index (χ3v) is 7.56. The highest BCUT2D eigenvalue weighted by molar-refractivity contribution is 5.87. The van der Waals surface area contributed by atoms with Crippen LogP contribution >= 0.6 is 0 Å². The van der Waals surface area contributed by atoms with E-state index in [0.717, 1.165) is 37.9 Å². The summed E-state index contributed by atoms with van der Waals surface area (Å²) >= 11 is 0. The number of rotatable bonds is 6. The number of piperidine rings is 1. The summed E-state index contributed by atoms with van der Waals surface area (Å²) in [6, 6.07) is 15.5. The van der Waals surface area contributed by atoms with Gasteiger partial charge >= 0.3 is 5.97 Å². The van der Waals surface area contributed by atoms with E-state index in [1.807, 2.05) is 12.1 Å². The molecular weight excluding hydrogens is 388 g/mol. The summed E-state index contributed by atoms with van der Waals surface area (Å²) in [6.07, 6.45) is 6.43. The average molecular weight is 419 g/mol. The van der Waals surface area contributed by atoms with Crippen LogP contribution in [0, 0.1) is 12.3 Å². The van der Waals surface area contributed by atoms with Crippen molar-refractivity contribution in [2.45, 2.75) is 63.6 Å². The molecule has 1 heterocycles. The van der Waals surface area contributed by atoms with Gasteiger partial charge in [-0.15, -0.1) is 0 Å². The van der Waals surface area contributed by atoms with E-state index >= 15 is 0 Å². The molecule has 2 aromatic rings.